The number of rotatable bonds is 4. The highest BCUT2D eigenvalue weighted by Gasteiger charge is 2.12. The number of esters is 1. The number of aryl methyl sites for hydroxylation is 1. The molecule has 0 radical (unpaired) electrons. The molecule has 0 aliphatic carbocycles. The van der Waals surface area contributed by atoms with E-state index in [0.29, 0.717) is 12.3 Å². The van der Waals surface area contributed by atoms with Gasteiger partial charge in [-0.15, -0.1) is 0 Å². The van der Waals surface area contributed by atoms with Crippen LogP contribution in [0.3, 0.4) is 0 Å². The van der Waals surface area contributed by atoms with Crippen LogP contribution in [0.5, 0.6) is 0 Å². The maximum atomic E-state index is 11.3. The maximum Gasteiger partial charge on any atom is 0.309 e. The summed E-state index contributed by atoms with van der Waals surface area (Å²) in [6.07, 6.45) is 1.45. The summed E-state index contributed by atoms with van der Waals surface area (Å²) in [4.78, 5) is 11.3. The van der Waals surface area contributed by atoms with Crippen molar-refractivity contribution in [2.75, 3.05) is 7.11 Å². The highest BCUT2D eigenvalue weighted by Crippen LogP contribution is 2.24. The summed E-state index contributed by atoms with van der Waals surface area (Å²) >= 11 is 0. The van der Waals surface area contributed by atoms with E-state index in [1.165, 1.54) is 18.2 Å². The highest BCUT2D eigenvalue weighted by molar-refractivity contribution is 5.73. The summed E-state index contributed by atoms with van der Waals surface area (Å²) in [7, 11) is 1.43. The van der Waals surface area contributed by atoms with E-state index < -0.39 is 0 Å². The summed E-state index contributed by atoms with van der Waals surface area (Å²) in [5.41, 5.74) is 3.60. The van der Waals surface area contributed by atoms with Gasteiger partial charge in [-0.25, -0.2) is 0 Å². The number of hydrogen-bond acceptors (Lipinski definition) is 2. The van der Waals surface area contributed by atoms with Gasteiger partial charge in [-0.05, 0) is 30.4 Å². The zero-order valence-electron chi connectivity index (χ0n) is 12.5. The minimum Gasteiger partial charge on any atom is -0.469 e. The van der Waals surface area contributed by atoms with Crippen molar-refractivity contribution in [2.24, 2.45) is 0 Å². The molecule has 0 spiro atoms. The molecule has 0 heterocycles. The molecule has 1 aromatic carbocycles. The first-order valence-corrected chi connectivity index (χ1v) is 6.74. The molecule has 0 N–H and O–H groups in total. The van der Waals surface area contributed by atoms with Crippen LogP contribution in [-0.4, -0.2) is 13.1 Å². The second kappa shape index (κ2) is 8.73. The van der Waals surface area contributed by atoms with Gasteiger partial charge >= 0.3 is 5.97 Å². The van der Waals surface area contributed by atoms with Gasteiger partial charge in [0, 0.05) is 0 Å². The Labute approximate surface area is 111 Å². The van der Waals surface area contributed by atoms with E-state index in [2.05, 4.69) is 26.8 Å². The Bertz CT molecular complexity index is 369. The van der Waals surface area contributed by atoms with Gasteiger partial charge < -0.3 is 4.74 Å². The van der Waals surface area contributed by atoms with Crippen LogP contribution < -0.4 is 0 Å². The molecule has 0 fully saturated rings. The molecule has 0 aliphatic rings. The summed E-state index contributed by atoms with van der Waals surface area (Å²) in [5.74, 6) is 0.313. The average Bonchev–Trinajstić information content (AvgIpc) is 2.41. The SMILES string of the molecule is CC.CCC(C)c1cc(C)ccc1CC(=O)OC. The van der Waals surface area contributed by atoms with Crippen LogP contribution in [0.25, 0.3) is 0 Å². The molecule has 1 aromatic rings. The number of benzene rings is 1. The van der Waals surface area contributed by atoms with Crippen molar-refractivity contribution in [1.82, 2.24) is 0 Å². The molecule has 2 heteroatoms. The lowest BCUT2D eigenvalue weighted by Gasteiger charge is -2.15. The minimum absolute atomic E-state index is 0.173. The van der Waals surface area contributed by atoms with Gasteiger partial charge in [0.15, 0.2) is 0 Å². The number of ether oxygens (including phenoxy) is 1. The number of carbonyl (C=O) groups excluding carboxylic acids is 1. The molecule has 0 bridgehead atoms. The van der Waals surface area contributed by atoms with Crippen LogP contribution in [0.1, 0.15) is 56.7 Å². The standard InChI is InChI=1S/C14H20O2.C2H6/c1-5-11(3)13-8-10(2)6-7-12(13)9-14(15)16-4;1-2/h6-8,11H,5,9H2,1-4H3;1-2H3. The number of carbonyl (C=O) groups is 1. The van der Waals surface area contributed by atoms with E-state index in [1.807, 2.05) is 26.0 Å². The third kappa shape index (κ3) is 4.91. The fraction of sp³-hybridized carbons (Fsp3) is 0.562. The van der Waals surface area contributed by atoms with Crippen molar-refractivity contribution in [3.8, 4) is 0 Å². The minimum atomic E-state index is -0.173. The number of hydrogen-bond donors (Lipinski definition) is 0. The fourth-order valence-electron chi connectivity index (χ4n) is 1.78. The molecule has 0 saturated heterocycles. The first-order valence-electron chi connectivity index (χ1n) is 6.74. The van der Waals surface area contributed by atoms with E-state index >= 15 is 0 Å². The van der Waals surface area contributed by atoms with E-state index in [0.717, 1.165) is 12.0 Å². The Morgan fingerprint density at radius 1 is 1.33 bits per heavy atom. The lowest BCUT2D eigenvalue weighted by molar-refractivity contribution is -0.139. The summed E-state index contributed by atoms with van der Waals surface area (Å²) < 4.78 is 4.71. The Kier molecular flexibility index (Phi) is 8.10. The van der Waals surface area contributed by atoms with E-state index in [-0.39, 0.29) is 5.97 Å². The molecular formula is C16H26O2. The molecule has 0 amide bonds. The van der Waals surface area contributed by atoms with Gasteiger partial charge in [0.2, 0.25) is 0 Å². The van der Waals surface area contributed by atoms with Gasteiger partial charge in [-0.3, -0.25) is 4.79 Å². The zero-order chi connectivity index (χ0) is 14.1. The zero-order valence-corrected chi connectivity index (χ0v) is 12.5. The van der Waals surface area contributed by atoms with Crippen molar-refractivity contribution < 1.29 is 9.53 Å². The van der Waals surface area contributed by atoms with Gasteiger partial charge in [0.05, 0.1) is 13.5 Å². The number of methoxy groups -OCH3 is 1. The smallest absolute Gasteiger partial charge is 0.309 e. The van der Waals surface area contributed by atoms with E-state index in [4.69, 9.17) is 4.74 Å². The van der Waals surface area contributed by atoms with Crippen molar-refractivity contribution in [3.63, 3.8) is 0 Å². The molecule has 2 nitrogen and oxygen atoms in total. The summed E-state index contributed by atoms with van der Waals surface area (Å²) in [6, 6.07) is 6.25. The molecule has 0 aromatic heterocycles. The van der Waals surface area contributed by atoms with Crippen LogP contribution >= 0.6 is 0 Å². The van der Waals surface area contributed by atoms with Crippen molar-refractivity contribution >= 4 is 5.97 Å². The Morgan fingerprint density at radius 3 is 2.44 bits per heavy atom. The second-order valence-electron chi connectivity index (χ2n) is 4.26. The molecule has 1 rings (SSSR count). The fourth-order valence-corrected chi connectivity index (χ4v) is 1.78. The molecule has 1 atom stereocenters. The highest BCUT2D eigenvalue weighted by atomic mass is 16.5. The lowest BCUT2D eigenvalue weighted by atomic mass is 9.91. The van der Waals surface area contributed by atoms with Crippen molar-refractivity contribution in [1.29, 1.82) is 0 Å². The molecule has 1 unspecified atom stereocenters. The van der Waals surface area contributed by atoms with Crippen LogP contribution in [0.4, 0.5) is 0 Å². The maximum absolute atomic E-state index is 11.3. The third-order valence-corrected chi connectivity index (χ3v) is 3.01. The van der Waals surface area contributed by atoms with Crippen LogP contribution in [0.15, 0.2) is 18.2 Å². The van der Waals surface area contributed by atoms with Gasteiger partial charge in [-0.1, -0.05) is 51.5 Å². The first kappa shape index (κ1) is 16.7. The Hall–Kier alpha value is -1.31. The molecular weight excluding hydrogens is 224 g/mol. The van der Waals surface area contributed by atoms with Crippen LogP contribution in [0.2, 0.25) is 0 Å². The monoisotopic (exact) mass is 250 g/mol. The van der Waals surface area contributed by atoms with Gasteiger partial charge in [0.25, 0.3) is 0 Å². The topological polar surface area (TPSA) is 26.3 Å². The lowest BCUT2D eigenvalue weighted by Crippen LogP contribution is -2.08. The Balaban J connectivity index is 0.00000137. The normalized spacial score (nSPS) is 11.2. The Morgan fingerprint density at radius 2 is 1.94 bits per heavy atom. The predicted molar refractivity (Wildman–Crippen MR) is 77.0 cm³/mol. The summed E-state index contributed by atoms with van der Waals surface area (Å²) in [5, 5.41) is 0. The van der Waals surface area contributed by atoms with Gasteiger partial charge in [0.1, 0.15) is 0 Å². The summed E-state index contributed by atoms with van der Waals surface area (Å²) in [6.45, 7) is 10.4. The van der Waals surface area contributed by atoms with E-state index in [9.17, 15) is 4.79 Å². The van der Waals surface area contributed by atoms with Crippen LogP contribution in [-0.2, 0) is 16.0 Å². The van der Waals surface area contributed by atoms with Crippen molar-refractivity contribution in [2.45, 2.75) is 53.4 Å². The first-order chi connectivity index (χ1) is 8.58. The molecule has 0 aliphatic heterocycles. The van der Waals surface area contributed by atoms with Crippen LogP contribution in [0, 0.1) is 6.92 Å². The largest absolute Gasteiger partial charge is 0.469 e. The quantitative estimate of drug-likeness (QED) is 0.747. The average molecular weight is 250 g/mol. The predicted octanol–water partition coefficient (Wildman–Crippen LogP) is 4.25. The third-order valence-electron chi connectivity index (χ3n) is 3.01. The van der Waals surface area contributed by atoms with Gasteiger partial charge in [-0.2, -0.15) is 0 Å². The molecule has 0 saturated carbocycles. The molecule has 102 valence electrons. The van der Waals surface area contributed by atoms with E-state index in [1.54, 1.807) is 0 Å². The second-order valence-corrected chi connectivity index (χ2v) is 4.26. The van der Waals surface area contributed by atoms with Crippen molar-refractivity contribution in [3.05, 3.63) is 34.9 Å². The molecule has 18 heavy (non-hydrogen) atoms.